The van der Waals surface area contributed by atoms with Crippen LogP contribution < -0.4 is 15.0 Å². The molecule has 0 atom stereocenters. The maximum atomic E-state index is 13.2. The number of nitrogens with one attached hydrogen (secondary N) is 2. The molecule has 0 aromatic heterocycles. The molecule has 1 saturated heterocycles. The molecule has 3 rings (SSSR count). The molecular weight excluding hydrogens is 354 g/mol. The number of likely N-dealkylation sites (N-methyl/N-ethyl adjacent to an activating group) is 1. The first-order valence-corrected chi connectivity index (χ1v) is 9.40. The van der Waals surface area contributed by atoms with Crippen molar-refractivity contribution in [2.45, 2.75) is 0 Å². The van der Waals surface area contributed by atoms with Crippen LogP contribution in [0.4, 0.5) is 0 Å². The van der Waals surface area contributed by atoms with Gasteiger partial charge in [-0.1, -0.05) is 36.4 Å². The van der Waals surface area contributed by atoms with Crippen LogP contribution in [0.15, 0.2) is 60.3 Å². The minimum absolute atomic E-state index is 0.178. The summed E-state index contributed by atoms with van der Waals surface area (Å²) >= 11 is 0. The topological polar surface area (TPSA) is 63.1 Å². The Morgan fingerprint density at radius 1 is 1.04 bits per heavy atom. The summed E-state index contributed by atoms with van der Waals surface area (Å²) in [4.78, 5) is 29.0. The van der Waals surface area contributed by atoms with E-state index in [-0.39, 0.29) is 17.5 Å². The van der Waals surface area contributed by atoms with Gasteiger partial charge < -0.3 is 19.9 Å². The van der Waals surface area contributed by atoms with Crippen LogP contribution in [0.3, 0.4) is 0 Å². The number of quaternary nitrogens is 1. The van der Waals surface area contributed by atoms with Crippen molar-refractivity contribution in [3.05, 3.63) is 71.4 Å². The van der Waals surface area contributed by atoms with Crippen molar-refractivity contribution in [3.63, 3.8) is 0 Å². The summed E-state index contributed by atoms with van der Waals surface area (Å²) in [6, 6.07) is 16.3. The molecule has 0 bridgehead atoms. The van der Waals surface area contributed by atoms with Gasteiger partial charge >= 0.3 is 0 Å². The van der Waals surface area contributed by atoms with Gasteiger partial charge in [-0.25, -0.2) is 0 Å². The van der Waals surface area contributed by atoms with E-state index in [9.17, 15) is 9.59 Å². The maximum Gasteiger partial charge on any atom is 0.270 e. The van der Waals surface area contributed by atoms with E-state index in [1.165, 1.54) is 4.90 Å². The number of amides is 2. The first kappa shape index (κ1) is 19.6. The van der Waals surface area contributed by atoms with E-state index in [1.807, 2.05) is 30.3 Å². The fourth-order valence-corrected chi connectivity index (χ4v) is 3.14. The van der Waals surface area contributed by atoms with Crippen molar-refractivity contribution in [1.82, 2.24) is 10.2 Å². The molecular formula is C22H26N3O3+. The quantitative estimate of drug-likeness (QED) is 0.755. The number of carbonyl (C=O) groups is 2. The molecule has 0 spiro atoms. The first-order chi connectivity index (χ1) is 13.6. The third-order valence-electron chi connectivity index (χ3n) is 4.86. The third-order valence-corrected chi connectivity index (χ3v) is 4.86. The largest absolute Gasteiger partial charge is 0.496 e. The third kappa shape index (κ3) is 4.78. The monoisotopic (exact) mass is 380 g/mol. The Morgan fingerprint density at radius 3 is 2.36 bits per heavy atom. The number of ether oxygens (including phenoxy) is 1. The number of piperazine rings is 1. The molecule has 28 heavy (non-hydrogen) atoms. The smallest absolute Gasteiger partial charge is 0.270 e. The molecule has 2 aromatic rings. The summed E-state index contributed by atoms with van der Waals surface area (Å²) in [5, 5.41) is 2.81. The Morgan fingerprint density at radius 2 is 1.68 bits per heavy atom. The molecule has 6 nitrogen and oxygen atoms in total. The van der Waals surface area contributed by atoms with Gasteiger partial charge in [0.25, 0.3) is 11.8 Å². The average molecular weight is 380 g/mol. The highest BCUT2D eigenvalue weighted by Crippen LogP contribution is 2.20. The SMILES string of the molecule is COc1ccccc1/C=C(\NC(=O)c1ccccc1)C(=O)N1CC[NH+](C)CC1. The van der Waals surface area contributed by atoms with Gasteiger partial charge in [0.15, 0.2) is 0 Å². The first-order valence-electron chi connectivity index (χ1n) is 9.40. The lowest BCUT2D eigenvalue weighted by Gasteiger charge is -2.30. The molecule has 2 aromatic carbocycles. The van der Waals surface area contributed by atoms with E-state index >= 15 is 0 Å². The van der Waals surface area contributed by atoms with Crippen molar-refractivity contribution in [2.24, 2.45) is 0 Å². The van der Waals surface area contributed by atoms with E-state index in [1.54, 1.807) is 42.4 Å². The van der Waals surface area contributed by atoms with Crippen molar-refractivity contribution in [3.8, 4) is 5.75 Å². The van der Waals surface area contributed by atoms with Crippen LogP contribution >= 0.6 is 0 Å². The van der Waals surface area contributed by atoms with Crippen LogP contribution in [0, 0.1) is 0 Å². The van der Waals surface area contributed by atoms with Gasteiger partial charge in [0, 0.05) is 11.1 Å². The minimum Gasteiger partial charge on any atom is -0.496 e. The van der Waals surface area contributed by atoms with Crippen molar-refractivity contribution in [1.29, 1.82) is 0 Å². The number of hydrogen-bond acceptors (Lipinski definition) is 3. The molecule has 2 amide bonds. The van der Waals surface area contributed by atoms with Gasteiger partial charge in [-0.3, -0.25) is 9.59 Å². The van der Waals surface area contributed by atoms with Gasteiger partial charge in [0.1, 0.15) is 11.4 Å². The summed E-state index contributed by atoms with van der Waals surface area (Å²) in [5.41, 5.74) is 1.49. The highest BCUT2D eigenvalue weighted by molar-refractivity contribution is 6.05. The van der Waals surface area contributed by atoms with E-state index in [2.05, 4.69) is 12.4 Å². The molecule has 0 aliphatic carbocycles. The highest BCUT2D eigenvalue weighted by Gasteiger charge is 2.25. The van der Waals surface area contributed by atoms with Crippen LogP contribution in [0.25, 0.3) is 6.08 Å². The molecule has 0 saturated carbocycles. The zero-order chi connectivity index (χ0) is 19.9. The Kier molecular flexibility index (Phi) is 6.45. The molecule has 1 fully saturated rings. The van der Waals surface area contributed by atoms with Crippen molar-refractivity contribution < 1.29 is 19.2 Å². The van der Waals surface area contributed by atoms with E-state index in [0.717, 1.165) is 18.7 Å². The van der Waals surface area contributed by atoms with Crippen LogP contribution in [-0.2, 0) is 4.79 Å². The molecule has 6 heteroatoms. The zero-order valence-corrected chi connectivity index (χ0v) is 16.3. The van der Waals surface area contributed by atoms with Crippen molar-refractivity contribution >= 4 is 17.9 Å². The Hall–Kier alpha value is -3.12. The normalized spacial score (nSPS) is 15.2. The van der Waals surface area contributed by atoms with Crippen LogP contribution in [0.5, 0.6) is 5.75 Å². The molecule has 146 valence electrons. The Bertz CT molecular complexity index is 856. The van der Waals surface area contributed by atoms with Gasteiger partial charge in [-0.05, 0) is 24.3 Å². The van der Waals surface area contributed by atoms with Crippen LogP contribution in [0.2, 0.25) is 0 Å². The lowest BCUT2D eigenvalue weighted by atomic mass is 10.1. The average Bonchev–Trinajstić information content (AvgIpc) is 2.74. The number of nitrogens with zero attached hydrogens (tertiary/aromatic N) is 1. The highest BCUT2D eigenvalue weighted by atomic mass is 16.5. The van der Waals surface area contributed by atoms with Gasteiger partial charge in [0.2, 0.25) is 0 Å². The molecule has 0 radical (unpaired) electrons. The predicted molar refractivity (Wildman–Crippen MR) is 108 cm³/mol. The maximum absolute atomic E-state index is 13.2. The molecule has 1 aliphatic heterocycles. The fourth-order valence-electron chi connectivity index (χ4n) is 3.14. The number of hydrogen-bond donors (Lipinski definition) is 2. The summed E-state index contributed by atoms with van der Waals surface area (Å²) in [7, 11) is 3.70. The second-order valence-electron chi connectivity index (χ2n) is 6.87. The molecule has 1 aliphatic rings. The number of carbonyl (C=O) groups excluding carboxylic acids is 2. The van der Waals surface area contributed by atoms with E-state index in [0.29, 0.717) is 24.4 Å². The Labute approximate surface area is 165 Å². The van der Waals surface area contributed by atoms with E-state index in [4.69, 9.17) is 4.74 Å². The number of para-hydroxylation sites is 1. The summed E-state index contributed by atoms with van der Waals surface area (Å²) in [6.07, 6.45) is 1.69. The van der Waals surface area contributed by atoms with E-state index < -0.39 is 0 Å². The van der Waals surface area contributed by atoms with Crippen LogP contribution in [-0.4, -0.2) is 57.1 Å². The summed E-state index contributed by atoms with van der Waals surface area (Å²) < 4.78 is 5.39. The van der Waals surface area contributed by atoms with Gasteiger partial charge in [-0.15, -0.1) is 0 Å². The Balaban J connectivity index is 1.90. The number of rotatable bonds is 5. The number of benzene rings is 2. The van der Waals surface area contributed by atoms with Crippen LogP contribution in [0.1, 0.15) is 15.9 Å². The second-order valence-corrected chi connectivity index (χ2v) is 6.87. The summed E-state index contributed by atoms with van der Waals surface area (Å²) in [5.74, 6) is 0.155. The lowest BCUT2D eigenvalue weighted by Crippen LogP contribution is -3.12. The van der Waals surface area contributed by atoms with Crippen molar-refractivity contribution in [2.75, 3.05) is 40.3 Å². The summed E-state index contributed by atoms with van der Waals surface area (Å²) in [6.45, 7) is 3.10. The molecule has 1 heterocycles. The van der Waals surface area contributed by atoms with Gasteiger partial charge in [-0.2, -0.15) is 0 Å². The predicted octanol–water partition coefficient (Wildman–Crippen LogP) is 0.823. The lowest BCUT2D eigenvalue weighted by molar-refractivity contribution is -0.883. The standard InChI is InChI=1S/C22H25N3O3/c1-24-12-14-25(15-13-24)22(27)19(16-18-10-6-7-11-20(18)28-2)23-21(26)17-8-4-3-5-9-17/h3-11,16H,12-15H2,1-2H3,(H,23,26)/p+1/b19-16-. The van der Waals surface area contributed by atoms with Gasteiger partial charge in [0.05, 0.1) is 40.3 Å². The molecule has 0 unspecified atom stereocenters. The number of methoxy groups -OCH3 is 1. The zero-order valence-electron chi connectivity index (χ0n) is 16.3. The minimum atomic E-state index is -0.310. The second kappa shape index (κ2) is 9.19. The fraction of sp³-hybridized carbons (Fsp3) is 0.273. The molecule has 2 N–H and O–H groups in total.